The van der Waals surface area contributed by atoms with Gasteiger partial charge in [0.2, 0.25) is 5.91 Å². The number of benzene rings is 2. The molecule has 0 bridgehead atoms. The summed E-state index contributed by atoms with van der Waals surface area (Å²) in [6.07, 6.45) is -0.375. The van der Waals surface area contributed by atoms with Crippen LogP contribution >= 0.6 is 0 Å². The molecule has 1 heterocycles. The molecule has 0 saturated heterocycles. The van der Waals surface area contributed by atoms with Crippen molar-refractivity contribution in [2.75, 3.05) is 18.0 Å². The molecule has 0 unspecified atom stereocenters. The molecule has 3 rings (SSSR count). The summed E-state index contributed by atoms with van der Waals surface area (Å²) in [5.41, 5.74) is 1.41. The number of hydrogen-bond acceptors (Lipinski definition) is 4. The van der Waals surface area contributed by atoms with E-state index in [1.165, 1.54) is 4.90 Å². The summed E-state index contributed by atoms with van der Waals surface area (Å²) in [4.78, 5) is 37.8. The SMILES string of the molecule is C[C@@H]1Oc2ccccc2N(CC(=O)NC[C@H](Cc2ccccc2)C(=O)O)C1=O. The highest BCUT2D eigenvalue weighted by molar-refractivity contribution is 6.03. The molecule has 0 fully saturated rings. The van der Waals surface area contributed by atoms with Gasteiger partial charge in [0.25, 0.3) is 5.91 Å². The van der Waals surface area contributed by atoms with Crippen LogP contribution in [0.25, 0.3) is 0 Å². The molecular formula is C21H22N2O5. The highest BCUT2D eigenvalue weighted by atomic mass is 16.5. The van der Waals surface area contributed by atoms with Crippen LogP contribution in [0.4, 0.5) is 5.69 Å². The van der Waals surface area contributed by atoms with Gasteiger partial charge in [-0.25, -0.2) is 0 Å². The van der Waals surface area contributed by atoms with E-state index < -0.39 is 23.9 Å². The van der Waals surface area contributed by atoms with E-state index in [2.05, 4.69) is 5.32 Å². The molecule has 2 aromatic carbocycles. The predicted octanol–water partition coefficient (Wildman–Crippen LogP) is 1.86. The molecule has 28 heavy (non-hydrogen) atoms. The number of amides is 2. The van der Waals surface area contributed by atoms with Gasteiger partial charge in [0.05, 0.1) is 11.6 Å². The number of carbonyl (C=O) groups is 3. The van der Waals surface area contributed by atoms with Crippen LogP contribution in [0, 0.1) is 5.92 Å². The van der Waals surface area contributed by atoms with E-state index >= 15 is 0 Å². The van der Waals surface area contributed by atoms with Crippen molar-refractivity contribution in [1.29, 1.82) is 0 Å². The highest BCUT2D eigenvalue weighted by Gasteiger charge is 2.32. The van der Waals surface area contributed by atoms with Gasteiger partial charge >= 0.3 is 5.97 Å². The van der Waals surface area contributed by atoms with Crippen molar-refractivity contribution >= 4 is 23.5 Å². The van der Waals surface area contributed by atoms with Crippen molar-refractivity contribution < 1.29 is 24.2 Å². The summed E-state index contributed by atoms with van der Waals surface area (Å²) in [6, 6.07) is 16.2. The van der Waals surface area contributed by atoms with Crippen LogP contribution in [0.15, 0.2) is 54.6 Å². The van der Waals surface area contributed by atoms with Crippen molar-refractivity contribution in [3.63, 3.8) is 0 Å². The molecule has 1 aliphatic heterocycles. The molecule has 146 valence electrons. The summed E-state index contributed by atoms with van der Waals surface area (Å²) in [5.74, 6) is -1.93. The Hall–Kier alpha value is -3.35. The lowest BCUT2D eigenvalue weighted by Gasteiger charge is -2.32. The van der Waals surface area contributed by atoms with E-state index in [-0.39, 0.29) is 19.0 Å². The van der Waals surface area contributed by atoms with E-state index in [0.29, 0.717) is 17.9 Å². The third-order valence-electron chi connectivity index (χ3n) is 4.60. The lowest BCUT2D eigenvalue weighted by molar-refractivity contribution is -0.141. The molecule has 0 spiro atoms. The van der Waals surface area contributed by atoms with Crippen LogP contribution in [0.2, 0.25) is 0 Å². The Morgan fingerprint density at radius 2 is 1.82 bits per heavy atom. The van der Waals surface area contributed by atoms with Crippen LogP contribution in [0.5, 0.6) is 5.75 Å². The zero-order valence-electron chi connectivity index (χ0n) is 15.5. The normalized spacial score (nSPS) is 16.7. The topological polar surface area (TPSA) is 95.9 Å². The zero-order valence-corrected chi connectivity index (χ0v) is 15.5. The maximum absolute atomic E-state index is 12.4. The van der Waals surface area contributed by atoms with Gasteiger partial charge in [-0.1, -0.05) is 42.5 Å². The van der Waals surface area contributed by atoms with Crippen molar-refractivity contribution in [3.05, 3.63) is 60.2 Å². The Morgan fingerprint density at radius 3 is 2.54 bits per heavy atom. The van der Waals surface area contributed by atoms with Crippen molar-refractivity contribution in [3.8, 4) is 5.75 Å². The molecule has 0 aliphatic carbocycles. The number of carboxylic acid groups (broad SMARTS) is 1. The lowest BCUT2D eigenvalue weighted by Crippen LogP contribution is -2.49. The monoisotopic (exact) mass is 382 g/mol. The number of carbonyl (C=O) groups excluding carboxylic acids is 2. The van der Waals surface area contributed by atoms with E-state index in [4.69, 9.17) is 4.74 Å². The van der Waals surface area contributed by atoms with E-state index in [0.717, 1.165) is 5.56 Å². The molecule has 2 aromatic rings. The van der Waals surface area contributed by atoms with Crippen LogP contribution < -0.4 is 15.0 Å². The minimum atomic E-state index is -0.981. The minimum absolute atomic E-state index is 0.0151. The van der Waals surface area contributed by atoms with E-state index in [9.17, 15) is 19.5 Å². The summed E-state index contributed by atoms with van der Waals surface area (Å²) in [5, 5.41) is 12.1. The summed E-state index contributed by atoms with van der Waals surface area (Å²) >= 11 is 0. The van der Waals surface area contributed by atoms with Gasteiger partial charge in [-0.15, -0.1) is 0 Å². The van der Waals surface area contributed by atoms with Gasteiger partial charge in [0, 0.05) is 6.54 Å². The number of carboxylic acids is 1. The fourth-order valence-electron chi connectivity index (χ4n) is 3.10. The van der Waals surface area contributed by atoms with Gasteiger partial charge in [0.1, 0.15) is 12.3 Å². The van der Waals surface area contributed by atoms with Crippen molar-refractivity contribution in [2.45, 2.75) is 19.4 Å². The van der Waals surface area contributed by atoms with Crippen LogP contribution in [-0.4, -0.2) is 42.1 Å². The summed E-state index contributed by atoms with van der Waals surface area (Å²) in [6.45, 7) is 1.42. The van der Waals surface area contributed by atoms with Crippen molar-refractivity contribution in [2.24, 2.45) is 5.92 Å². The maximum atomic E-state index is 12.4. The van der Waals surface area contributed by atoms with Crippen molar-refractivity contribution in [1.82, 2.24) is 5.32 Å². The number of nitrogens with zero attached hydrogens (tertiary/aromatic N) is 1. The molecule has 2 amide bonds. The Labute approximate surface area is 162 Å². The Bertz CT molecular complexity index is 868. The van der Waals surface area contributed by atoms with Gasteiger partial charge in [-0.05, 0) is 31.0 Å². The first-order valence-corrected chi connectivity index (χ1v) is 9.06. The molecule has 7 heteroatoms. The Morgan fingerprint density at radius 1 is 1.14 bits per heavy atom. The number of fused-ring (bicyclic) bond motifs is 1. The van der Waals surface area contributed by atoms with Crippen LogP contribution in [0.1, 0.15) is 12.5 Å². The molecule has 2 N–H and O–H groups in total. The number of aliphatic carboxylic acids is 1. The van der Waals surface area contributed by atoms with Crippen LogP contribution in [-0.2, 0) is 20.8 Å². The second-order valence-electron chi connectivity index (χ2n) is 6.68. The number of nitrogens with one attached hydrogen (secondary N) is 1. The van der Waals surface area contributed by atoms with Crippen LogP contribution in [0.3, 0.4) is 0 Å². The maximum Gasteiger partial charge on any atom is 0.308 e. The largest absolute Gasteiger partial charge is 0.481 e. The second kappa shape index (κ2) is 8.56. The summed E-state index contributed by atoms with van der Waals surface area (Å²) in [7, 11) is 0. The Balaban J connectivity index is 1.63. The predicted molar refractivity (Wildman–Crippen MR) is 103 cm³/mol. The molecule has 0 aromatic heterocycles. The molecule has 0 radical (unpaired) electrons. The number of para-hydroxylation sites is 2. The average Bonchev–Trinajstić information content (AvgIpc) is 2.69. The smallest absolute Gasteiger partial charge is 0.308 e. The first-order chi connectivity index (χ1) is 13.5. The quantitative estimate of drug-likeness (QED) is 0.762. The molecule has 7 nitrogen and oxygen atoms in total. The zero-order chi connectivity index (χ0) is 20.1. The van der Waals surface area contributed by atoms with E-state index in [1.807, 2.05) is 30.3 Å². The van der Waals surface area contributed by atoms with Gasteiger partial charge in [0.15, 0.2) is 6.10 Å². The molecule has 0 saturated carbocycles. The standard InChI is InChI=1S/C21H22N2O5/c1-14-20(25)23(17-9-5-6-10-18(17)28-14)13-19(24)22-12-16(21(26)27)11-15-7-3-2-4-8-15/h2-10,14,16H,11-13H2,1H3,(H,22,24)(H,26,27)/t14-,16-/m0/s1. The number of hydrogen-bond donors (Lipinski definition) is 2. The van der Waals surface area contributed by atoms with Gasteiger partial charge in [-0.3, -0.25) is 19.3 Å². The third kappa shape index (κ3) is 4.49. The third-order valence-corrected chi connectivity index (χ3v) is 4.60. The lowest BCUT2D eigenvalue weighted by atomic mass is 9.99. The summed E-state index contributed by atoms with van der Waals surface area (Å²) < 4.78 is 5.55. The van der Waals surface area contributed by atoms with Gasteiger partial charge in [-0.2, -0.15) is 0 Å². The van der Waals surface area contributed by atoms with E-state index in [1.54, 1.807) is 31.2 Å². The average molecular weight is 382 g/mol. The highest BCUT2D eigenvalue weighted by Crippen LogP contribution is 2.33. The Kier molecular flexibility index (Phi) is 5.93. The number of ether oxygens (including phenoxy) is 1. The fourth-order valence-corrected chi connectivity index (χ4v) is 3.10. The molecule has 1 aliphatic rings. The number of anilines is 1. The first kappa shape index (κ1) is 19.4. The molecule has 2 atom stereocenters. The second-order valence-corrected chi connectivity index (χ2v) is 6.68. The fraction of sp³-hybridized carbons (Fsp3) is 0.286. The first-order valence-electron chi connectivity index (χ1n) is 9.06. The number of rotatable bonds is 7. The molecular weight excluding hydrogens is 360 g/mol. The van der Waals surface area contributed by atoms with Gasteiger partial charge < -0.3 is 15.2 Å². The minimum Gasteiger partial charge on any atom is -0.481 e.